The lowest BCUT2D eigenvalue weighted by Crippen LogP contribution is -2.65. The Kier molecular flexibility index (Phi) is 6.44. The highest BCUT2D eigenvalue weighted by Crippen LogP contribution is 2.44. The van der Waals surface area contributed by atoms with Crippen molar-refractivity contribution in [2.24, 2.45) is 11.8 Å². The molecule has 0 spiro atoms. The second kappa shape index (κ2) is 8.97. The second-order valence-corrected chi connectivity index (χ2v) is 8.51. The monoisotopic (exact) mass is 452 g/mol. The van der Waals surface area contributed by atoms with Crippen molar-refractivity contribution in [3.8, 4) is 11.5 Å². The summed E-state index contributed by atoms with van der Waals surface area (Å²) < 4.78 is 16.7. The highest BCUT2D eigenvalue weighted by atomic mass is 16.5. The van der Waals surface area contributed by atoms with E-state index in [1.54, 1.807) is 6.07 Å². The number of carbonyl (C=O) groups excluding carboxylic acids is 1. The fourth-order valence-electron chi connectivity index (χ4n) is 4.97. The van der Waals surface area contributed by atoms with Gasteiger partial charge in [-0.25, -0.2) is 0 Å². The third kappa shape index (κ3) is 3.76. The van der Waals surface area contributed by atoms with Gasteiger partial charge < -0.3 is 44.8 Å². The fourth-order valence-corrected chi connectivity index (χ4v) is 4.97. The summed E-state index contributed by atoms with van der Waals surface area (Å²) in [7, 11) is 1.40. The first-order valence-corrected chi connectivity index (χ1v) is 10.5. The van der Waals surface area contributed by atoms with Crippen LogP contribution in [0.2, 0.25) is 0 Å². The van der Waals surface area contributed by atoms with E-state index in [0.717, 1.165) is 0 Å². The number of ether oxygens (including phenoxy) is 3. The molecule has 1 aliphatic carbocycles. The van der Waals surface area contributed by atoms with Crippen LogP contribution in [0.4, 0.5) is 0 Å². The van der Waals surface area contributed by atoms with E-state index in [2.05, 4.69) is 0 Å². The molecule has 6 N–H and O–H groups in total. The van der Waals surface area contributed by atoms with Crippen molar-refractivity contribution in [2.75, 3.05) is 13.7 Å². The molecule has 3 aliphatic rings. The SMILES string of the molecule is COc1cc(C2=COC3C(CCC(O)C3C3OC(CO)C(O)C(O)C3O)C2=O)ccc1O. The lowest BCUT2D eigenvalue weighted by Gasteiger charge is -2.49. The minimum absolute atomic E-state index is 0.0672. The summed E-state index contributed by atoms with van der Waals surface area (Å²) in [5.74, 6) is -1.61. The van der Waals surface area contributed by atoms with Crippen LogP contribution < -0.4 is 4.74 Å². The Bertz CT molecular complexity index is 883. The van der Waals surface area contributed by atoms with E-state index < -0.39 is 61.2 Å². The first-order valence-electron chi connectivity index (χ1n) is 10.5. The average molecular weight is 452 g/mol. The molecule has 0 bridgehead atoms. The lowest BCUT2D eigenvalue weighted by atomic mass is 9.68. The number of Topliss-reactive ketones (excluding diaryl/α,β-unsaturated/α-hetero) is 1. The number of allylic oxidation sites excluding steroid dienone is 1. The van der Waals surface area contributed by atoms with E-state index in [1.165, 1.54) is 25.5 Å². The van der Waals surface area contributed by atoms with Gasteiger partial charge in [0.05, 0.1) is 49.6 Å². The molecule has 2 fully saturated rings. The fraction of sp³-hybridized carbons (Fsp3) is 0.591. The Balaban J connectivity index is 1.64. The van der Waals surface area contributed by atoms with E-state index in [9.17, 15) is 35.4 Å². The van der Waals surface area contributed by atoms with Crippen LogP contribution in [0.3, 0.4) is 0 Å². The minimum Gasteiger partial charge on any atom is -0.504 e. The van der Waals surface area contributed by atoms with Gasteiger partial charge in [0, 0.05) is 0 Å². The van der Waals surface area contributed by atoms with Crippen LogP contribution in [0.15, 0.2) is 24.5 Å². The maximum atomic E-state index is 13.3. The van der Waals surface area contributed by atoms with Crippen LogP contribution in [-0.4, -0.2) is 92.9 Å². The number of ketones is 1. The maximum Gasteiger partial charge on any atom is 0.173 e. The van der Waals surface area contributed by atoms with Crippen molar-refractivity contribution >= 4 is 11.4 Å². The standard InChI is InChI=1S/C22H28O10/c1-30-14-6-9(2-4-12(14)24)11-8-31-21-10(17(11)26)3-5-13(25)16(21)22-20(29)19(28)18(27)15(7-23)32-22/h2,4,6,8,10,13,15-16,18-25,27-29H,3,5,7H2,1H3. The number of carbonyl (C=O) groups is 1. The van der Waals surface area contributed by atoms with Crippen molar-refractivity contribution in [1.82, 2.24) is 0 Å². The summed E-state index contributed by atoms with van der Waals surface area (Å²) in [6.07, 6.45) is -6.91. The Morgan fingerprint density at radius 1 is 1.06 bits per heavy atom. The average Bonchev–Trinajstić information content (AvgIpc) is 2.79. The van der Waals surface area contributed by atoms with E-state index in [4.69, 9.17) is 14.2 Å². The zero-order valence-electron chi connectivity index (χ0n) is 17.4. The van der Waals surface area contributed by atoms with Crippen LogP contribution in [0, 0.1) is 11.8 Å². The number of hydrogen-bond acceptors (Lipinski definition) is 10. The third-order valence-electron chi connectivity index (χ3n) is 6.74. The van der Waals surface area contributed by atoms with Gasteiger partial charge in [-0.1, -0.05) is 6.07 Å². The molecule has 1 saturated carbocycles. The van der Waals surface area contributed by atoms with Gasteiger partial charge in [-0.05, 0) is 30.5 Å². The number of phenols is 1. The number of methoxy groups -OCH3 is 1. The zero-order chi connectivity index (χ0) is 23.2. The molecule has 0 aromatic heterocycles. The highest BCUT2D eigenvalue weighted by Gasteiger charge is 2.55. The Hall–Kier alpha value is -2.21. The van der Waals surface area contributed by atoms with Crippen LogP contribution in [0.1, 0.15) is 18.4 Å². The number of hydrogen-bond donors (Lipinski definition) is 6. The summed E-state index contributed by atoms with van der Waals surface area (Å²) >= 11 is 0. The zero-order valence-corrected chi connectivity index (χ0v) is 17.4. The van der Waals surface area contributed by atoms with Gasteiger partial charge in [0.2, 0.25) is 0 Å². The maximum absolute atomic E-state index is 13.3. The Morgan fingerprint density at radius 3 is 2.50 bits per heavy atom. The summed E-state index contributed by atoms with van der Waals surface area (Å²) in [6.45, 7) is -0.592. The van der Waals surface area contributed by atoms with Gasteiger partial charge in [-0.15, -0.1) is 0 Å². The minimum atomic E-state index is -1.59. The second-order valence-electron chi connectivity index (χ2n) is 8.51. The lowest BCUT2D eigenvalue weighted by molar-refractivity contribution is -0.262. The first-order chi connectivity index (χ1) is 15.3. The third-order valence-corrected chi connectivity index (χ3v) is 6.74. The van der Waals surface area contributed by atoms with Crippen LogP contribution in [-0.2, 0) is 14.3 Å². The topological polar surface area (TPSA) is 166 Å². The van der Waals surface area contributed by atoms with Gasteiger partial charge in [0.25, 0.3) is 0 Å². The number of benzene rings is 1. The molecule has 0 amide bonds. The quantitative estimate of drug-likeness (QED) is 0.331. The van der Waals surface area contributed by atoms with E-state index in [-0.39, 0.29) is 29.3 Å². The summed E-state index contributed by atoms with van der Waals surface area (Å²) in [5, 5.41) is 60.8. The number of aliphatic hydroxyl groups is 5. The predicted molar refractivity (Wildman–Crippen MR) is 109 cm³/mol. The van der Waals surface area contributed by atoms with Gasteiger partial charge in [0.1, 0.15) is 30.5 Å². The van der Waals surface area contributed by atoms with Gasteiger partial charge in [-0.2, -0.15) is 0 Å². The molecule has 2 aliphatic heterocycles. The molecule has 9 unspecified atom stereocenters. The molecule has 2 heterocycles. The van der Waals surface area contributed by atoms with E-state index in [1.807, 2.05) is 0 Å². The number of aliphatic hydroxyl groups excluding tert-OH is 5. The molecule has 4 rings (SSSR count). The largest absolute Gasteiger partial charge is 0.504 e. The molecule has 1 aromatic carbocycles. The summed E-state index contributed by atoms with van der Waals surface area (Å²) in [5.41, 5.74) is 0.784. The van der Waals surface area contributed by atoms with Gasteiger partial charge >= 0.3 is 0 Å². The summed E-state index contributed by atoms with van der Waals surface area (Å²) in [6, 6.07) is 4.50. The molecule has 10 heteroatoms. The Morgan fingerprint density at radius 2 is 1.81 bits per heavy atom. The molecule has 0 radical (unpaired) electrons. The number of fused-ring (bicyclic) bond motifs is 1. The van der Waals surface area contributed by atoms with E-state index >= 15 is 0 Å². The molecule has 32 heavy (non-hydrogen) atoms. The smallest absolute Gasteiger partial charge is 0.173 e. The number of rotatable bonds is 4. The molecular weight excluding hydrogens is 424 g/mol. The van der Waals surface area contributed by atoms with Gasteiger partial charge in [-0.3, -0.25) is 4.79 Å². The van der Waals surface area contributed by atoms with Crippen molar-refractivity contribution in [3.63, 3.8) is 0 Å². The molecular formula is C22H28O10. The molecule has 1 saturated heterocycles. The number of phenolic OH excluding ortho intramolecular Hbond substituents is 1. The Labute approximate surface area is 184 Å². The van der Waals surface area contributed by atoms with Crippen molar-refractivity contribution < 1.29 is 49.6 Å². The molecule has 176 valence electrons. The summed E-state index contributed by atoms with van der Waals surface area (Å²) in [4.78, 5) is 13.3. The van der Waals surface area contributed by atoms with Crippen molar-refractivity contribution in [2.45, 2.75) is 55.6 Å². The van der Waals surface area contributed by atoms with Crippen LogP contribution in [0.25, 0.3) is 5.57 Å². The van der Waals surface area contributed by atoms with Crippen molar-refractivity contribution in [3.05, 3.63) is 30.0 Å². The first kappa shape index (κ1) is 23.0. The van der Waals surface area contributed by atoms with E-state index in [0.29, 0.717) is 12.0 Å². The highest BCUT2D eigenvalue weighted by molar-refractivity contribution is 6.22. The predicted octanol–water partition coefficient (Wildman–Crippen LogP) is -1.06. The number of aromatic hydroxyl groups is 1. The van der Waals surface area contributed by atoms with Crippen molar-refractivity contribution in [1.29, 1.82) is 0 Å². The molecule has 10 nitrogen and oxygen atoms in total. The van der Waals surface area contributed by atoms with Crippen LogP contribution >= 0.6 is 0 Å². The molecule has 1 aromatic rings. The normalized spacial score (nSPS) is 39.6. The van der Waals surface area contributed by atoms with Gasteiger partial charge in [0.15, 0.2) is 17.3 Å². The van der Waals surface area contributed by atoms with Crippen LogP contribution in [0.5, 0.6) is 11.5 Å². The molecule has 9 atom stereocenters.